The quantitative estimate of drug-likeness (QED) is 0.500. The van der Waals surface area contributed by atoms with E-state index in [1.54, 1.807) is 6.08 Å². The van der Waals surface area contributed by atoms with E-state index >= 15 is 0 Å². The minimum atomic E-state index is -0.568. The van der Waals surface area contributed by atoms with Crippen LogP contribution < -0.4 is 5.32 Å². The SMILES string of the molecule is O=C(NC/C=C\[S-])OCc1ccc([N+](=O)[O-])cc1. The molecule has 1 amide bonds. The summed E-state index contributed by atoms with van der Waals surface area (Å²) >= 11 is 4.55. The van der Waals surface area contributed by atoms with Crippen molar-refractivity contribution in [1.29, 1.82) is 0 Å². The lowest BCUT2D eigenvalue weighted by atomic mass is 10.2. The second kappa shape index (κ2) is 7.23. The van der Waals surface area contributed by atoms with Crippen LogP contribution in [0.5, 0.6) is 0 Å². The number of carbonyl (C=O) groups excluding carboxylic acids is 1. The Morgan fingerprint density at radius 2 is 2.11 bits per heavy atom. The summed E-state index contributed by atoms with van der Waals surface area (Å²) in [6.07, 6.45) is 1.03. The number of hydrogen-bond acceptors (Lipinski definition) is 5. The topological polar surface area (TPSA) is 81.5 Å². The molecule has 0 aromatic heterocycles. The highest BCUT2D eigenvalue weighted by Gasteiger charge is 2.05. The molecule has 0 aliphatic carbocycles. The standard InChI is InChI=1S/C11H12N2O4S/c14-11(12-6-1-7-18)17-8-9-2-4-10(5-3-9)13(15)16/h1-5,7,18H,6,8H2,(H,12,14)/p-1/b7-1-. The maximum atomic E-state index is 11.2. The Balaban J connectivity index is 2.39. The molecule has 1 aromatic carbocycles. The van der Waals surface area contributed by atoms with Gasteiger partial charge in [0, 0.05) is 18.7 Å². The van der Waals surface area contributed by atoms with Crippen molar-refractivity contribution in [3.05, 3.63) is 51.4 Å². The number of benzene rings is 1. The highest BCUT2D eigenvalue weighted by atomic mass is 32.1. The van der Waals surface area contributed by atoms with Gasteiger partial charge in [-0.1, -0.05) is 6.08 Å². The first-order valence-electron chi connectivity index (χ1n) is 5.04. The van der Waals surface area contributed by atoms with Crippen molar-refractivity contribution in [2.24, 2.45) is 0 Å². The molecule has 1 aromatic rings. The lowest BCUT2D eigenvalue weighted by molar-refractivity contribution is -0.384. The van der Waals surface area contributed by atoms with Gasteiger partial charge in [-0.25, -0.2) is 10.2 Å². The smallest absolute Gasteiger partial charge is 0.407 e. The molecule has 0 aliphatic rings. The molecule has 96 valence electrons. The number of alkyl carbamates (subject to hydrolysis) is 1. The molecule has 0 saturated heterocycles. The molecular weight excluding hydrogens is 256 g/mol. The van der Waals surface area contributed by atoms with Crippen LogP contribution in [0.4, 0.5) is 10.5 Å². The lowest BCUT2D eigenvalue weighted by Crippen LogP contribution is -2.24. The number of amides is 1. The first-order valence-corrected chi connectivity index (χ1v) is 5.51. The first kappa shape index (κ1) is 13.9. The van der Waals surface area contributed by atoms with Gasteiger partial charge in [0.2, 0.25) is 0 Å². The van der Waals surface area contributed by atoms with Gasteiger partial charge < -0.3 is 22.7 Å². The normalized spacial score (nSPS) is 10.2. The van der Waals surface area contributed by atoms with E-state index in [0.29, 0.717) is 12.1 Å². The Bertz CT molecular complexity index is 445. The molecule has 0 spiro atoms. The van der Waals surface area contributed by atoms with Crippen molar-refractivity contribution in [2.75, 3.05) is 6.54 Å². The van der Waals surface area contributed by atoms with Crippen molar-refractivity contribution in [1.82, 2.24) is 5.32 Å². The first-order chi connectivity index (χ1) is 8.63. The maximum Gasteiger partial charge on any atom is 0.407 e. The van der Waals surface area contributed by atoms with E-state index in [-0.39, 0.29) is 12.3 Å². The molecule has 0 fully saturated rings. The van der Waals surface area contributed by atoms with Crippen LogP contribution in [0.2, 0.25) is 0 Å². The summed E-state index contributed by atoms with van der Waals surface area (Å²) < 4.78 is 4.89. The summed E-state index contributed by atoms with van der Waals surface area (Å²) in [6.45, 7) is 0.365. The lowest BCUT2D eigenvalue weighted by Gasteiger charge is -2.05. The van der Waals surface area contributed by atoms with Gasteiger partial charge in [0.15, 0.2) is 0 Å². The minimum absolute atomic E-state index is 0.00113. The van der Waals surface area contributed by atoms with Crippen molar-refractivity contribution >= 4 is 24.4 Å². The fraction of sp³-hybridized carbons (Fsp3) is 0.182. The zero-order valence-corrected chi connectivity index (χ0v) is 10.2. The van der Waals surface area contributed by atoms with Crippen LogP contribution in [0.3, 0.4) is 0 Å². The second-order valence-corrected chi connectivity index (χ2v) is 3.52. The molecular formula is C11H11N2O4S-. The number of nitro groups is 1. The number of nitro benzene ring substituents is 1. The molecule has 6 nitrogen and oxygen atoms in total. The number of carbonyl (C=O) groups is 1. The van der Waals surface area contributed by atoms with E-state index in [2.05, 4.69) is 17.9 Å². The maximum absolute atomic E-state index is 11.2. The van der Waals surface area contributed by atoms with Gasteiger partial charge in [-0.2, -0.15) is 0 Å². The van der Waals surface area contributed by atoms with Gasteiger partial charge in [-0.3, -0.25) is 10.1 Å². The minimum Gasteiger partial charge on any atom is -0.788 e. The van der Waals surface area contributed by atoms with E-state index in [1.165, 1.54) is 29.7 Å². The van der Waals surface area contributed by atoms with Gasteiger partial charge in [0.1, 0.15) is 6.61 Å². The molecule has 0 unspecified atom stereocenters. The van der Waals surface area contributed by atoms with Gasteiger partial charge >= 0.3 is 6.09 Å². The van der Waals surface area contributed by atoms with Crippen molar-refractivity contribution in [3.63, 3.8) is 0 Å². The van der Waals surface area contributed by atoms with E-state index in [0.717, 1.165) is 0 Å². The van der Waals surface area contributed by atoms with E-state index in [4.69, 9.17) is 4.74 Å². The average Bonchev–Trinajstić information content (AvgIpc) is 2.37. The van der Waals surface area contributed by atoms with Crippen LogP contribution in [-0.4, -0.2) is 17.6 Å². The molecule has 0 atom stereocenters. The zero-order chi connectivity index (χ0) is 13.4. The number of rotatable bonds is 5. The molecule has 0 radical (unpaired) electrons. The Morgan fingerprint density at radius 1 is 1.44 bits per heavy atom. The third-order valence-electron chi connectivity index (χ3n) is 1.98. The molecule has 0 aliphatic heterocycles. The Hall–Kier alpha value is -2.15. The highest BCUT2D eigenvalue weighted by Crippen LogP contribution is 2.12. The number of ether oxygens (including phenoxy) is 1. The summed E-state index contributed by atoms with van der Waals surface area (Å²) in [6, 6.07) is 5.79. The predicted molar refractivity (Wildman–Crippen MR) is 67.8 cm³/mol. The molecule has 0 heterocycles. The Morgan fingerprint density at radius 3 is 2.67 bits per heavy atom. The van der Waals surface area contributed by atoms with Gasteiger partial charge in [0.05, 0.1) is 4.92 Å². The molecule has 7 heteroatoms. The predicted octanol–water partition coefficient (Wildman–Crippen LogP) is 1.88. The van der Waals surface area contributed by atoms with Gasteiger partial charge in [0.25, 0.3) is 5.69 Å². The fourth-order valence-corrected chi connectivity index (χ4v) is 1.20. The average molecular weight is 267 g/mol. The van der Waals surface area contributed by atoms with Crippen LogP contribution in [0.25, 0.3) is 0 Å². The van der Waals surface area contributed by atoms with Crippen LogP contribution in [-0.2, 0) is 24.0 Å². The van der Waals surface area contributed by atoms with Gasteiger partial charge in [-0.15, -0.1) is 0 Å². The van der Waals surface area contributed by atoms with E-state index < -0.39 is 11.0 Å². The van der Waals surface area contributed by atoms with Crippen LogP contribution >= 0.6 is 0 Å². The summed E-state index contributed by atoms with van der Waals surface area (Å²) in [4.78, 5) is 21.1. The van der Waals surface area contributed by atoms with Gasteiger partial charge in [-0.05, 0) is 17.7 Å². The summed E-state index contributed by atoms with van der Waals surface area (Å²) in [5.41, 5.74) is 0.674. The van der Waals surface area contributed by atoms with E-state index in [1.807, 2.05) is 0 Å². The zero-order valence-electron chi connectivity index (χ0n) is 9.37. The van der Waals surface area contributed by atoms with Crippen molar-refractivity contribution in [3.8, 4) is 0 Å². The number of nitrogens with zero attached hydrogens (tertiary/aromatic N) is 1. The number of hydrogen-bond donors (Lipinski definition) is 1. The van der Waals surface area contributed by atoms with Crippen molar-refractivity contribution in [2.45, 2.75) is 6.61 Å². The number of nitrogens with one attached hydrogen (secondary N) is 1. The highest BCUT2D eigenvalue weighted by molar-refractivity contribution is 7.62. The third-order valence-corrected chi connectivity index (χ3v) is 2.17. The second-order valence-electron chi connectivity index (χ2n) is 3.25. The van der Waals surface area contributed by atoms with Crippen LogP contribution in [0, 0.1) is 10.1 Å². The van der Waals surface area contributed by atoms with Crippen LogP contribution in [0.15, 0.2) is 35.7 Å². The van der Waals surface area contributed by atoms with E-state index in [9.17, 15) is 14.9 Å². The summed E-state index contributed by atoms with van der Waals surface area (Å²) in [5, 5.41) is 14.3. The molecule has 1 N–H and O–H groups in total. The largest absolute Gasteiger partial charge is 0.788 e. The monoisotopic (exact) mass is 267 g/mol. The Kier molecular flexibility index (Phi) is 5.59. The summed E-state index contributed by atoms with van der Waals surface area (Å²) in [5.74, 6) is 0. The van der Waals surface area contributed by atoms with Crippen molar-refractivity contribution < 1.29 is 14.5 Å². The van der Waals surface area contributed by atoms with Crippen LogP contribution in [0.1, 0.15) is 5.56 Å². The molecule has 0 bridgehead atoms. The third kappa shape index (κ3) is 4.79. The summed E-state index contributed by atoms with van der Waals surface area (Å²) in [7, 11) is 0. The molecule has 1 rings (SSSR count). The number of non-ortho nitro benzene ring substituents is 1. The fourth-order valence-electron chi connectivity index (χ4n) is 1.10. The Labute approximate surface area is 109 Å². The molecule has 0 saturated carbocycles. The molecule has 18 heavy (non-hydrogen) atoms.